The highest BCUT2D eigenvalue weighted by molar-refractivity contribution is 8.02. The van der Waals surface area contributed by atoms with Crippen LogP contribution in [-0.4, -0.2) is 29.9 Å². The molecule has 1 fully saturated rings. The van der Waals surface area contributed by atoms with Gasteiger partial charge in [0.25, 0.3) is 0 Å². The van der Waals surface area contributed by atoms with E-state index < -0.39 is 0 Å². The predicted octanol–water partition coefficient (Wildman–Crippen LogP) is 1.22. The molecular formula is C8H14N2S. The summed E-state index contributed by atoms with van der Waals surface area (Å²) in [6, 6.07) is 0.759. The van der Waals surface area contributed by atoms with E-state index in [0.29, 0.717) is 0 Å². The number of rotatable bonds is 1. The molecule has 0 bridgehead atoms. The molecule has 1 atom stereocenters. The van der Waals surface area contributed by atoms with E-state index in [2.05, 4.69) is 21.8 Å². The van der Waals surface area contributed by atoms with Crippen LogP contribution in [0.25, 0.3) is 0 Å². The Kier molecular flexibility index (Phi) is 2.38. The van der Waals surface area contributed by atoms with Gasteiger partial charge in [0.2, 0.25) is 0 Å². The standard InChI is InChI=1S/C8H14N2S/c1-2-8(6-9-3-1)10-4-5-11-7-10/h4-5,8-9H,1-3,6-7H2. The summed E-state index contributed by atoms with van der Waals surface area (Å²) in [7, 11) is 0. The van der Waals surface area contributed by atoms with E-state index >= 15 is 0 Å². The van der Waals surface area contributed by atoms with E-state index in [1.165, 1.54) is 25.9 Å². The van der Waals surface area contributed by atoms with E-state index in [9.17, 15) is 0 Å². The van der Waals surface area contributed by atoms with Crippen molar-refractivity contribution in [2.45, 2.75) is 18.9 Å². The molecule has 2 heterocycles. The topological polar surface area (TPSA) is 15.3 Å². The zero-order valence-electron chi connectivity index (χ0n) is 6.62. The van der Waals surface area contributed by atoms with Crippen LogP contribution in [0.3, 0.4) is 0 Å². The molecule has 0 radical (unpaired) electrons. The molecule has 3 heteroatoms. The summed E-state index contributed by atoms with van der Waals surface area (Å²) in [4.78, 5) is 2.44. The van der Waals surface area contributed by atoms with Gasteiger partial charge in [-0.15, -0.1) is 11.8 Å². The lowest BCUT2D eigenvalue weighted by Gasteiger charge is -2.30. The summed E-state index contributed by atoms with van der Waals surface area (Å²) in [5, 5.41) is 5.62. The van der Waals surface area contributed by atoms with Crippen molar-refractivity contribution >= 4 is 11.8 Å². The van der Waals surface area contributed by atoms with Crippen LogP contribution in [0.2, 0.25) is 0 Å². The van der Waals surface area contributed by atoms with Crippen LogP contribution in [0.15, 0.2) is 11.6 Å². The second-order valence-electron chi connectivity index (χ2n) is 3.10. The molecule has 0 aromatic rings. The third-order valence-electron chi connectivity index (χ3n) is 2.31. The minimum Gasteiger partial charge on any atom is -0.363 e. The van der Waals surface area contributed by atoms with Crippen molar-refractivity contribution in [3.63, 3.8) is 0 Å². The Hall–Kier alpha value is -0.150. The van der Waals surface area contributed by atoms with E-state index in [4.69, 9.17) is 0 Å². The average molecular weight is 170 g/mol. The van der Waals surface area contributed by atoms with Gasteiger partial charge in [-0.3, -0.25) is 0 Å². The van der Waals surface area contributed by atoms with E-state index in [1.54, 1.807) is 0 Å². The van der Waals surface area contributed by atoms with Crippen LogP contribution < -0.4 is 5.32 Å². The number of thioether (sulfide) groups is 1. The molecule has 0 aliphatic carbocycles. The summed E-state index contributed by atoms with van der Waals surface area (Å²) >= 11 is 1.89. The fraction of sp³-hybridized carbons (Fsp3) is 0.750. The SMILES string of the molecule is C1=CN(C2CCCNC2)CS1. The van der Waals surface area contributed by atoms with Gasteiger partial charge in [0.05, 0.1) is 5.88 Å². The maximum Gasteiger partial charge on any atom is 0.0678 e. The molecule has 0 saturated carbocycles. The lowest BCUT2D eigenvalue weighted by molar-refractivity contribution is 0.263. The van der Waals surface area contributed by atoms with Crippen LogP contribution in [0.5, 0.6) is 0 Å². The Balaban J connectivity index is 1.87. The van der Waals surface area contributed by atoms with Crippen molar-refractivity contribution in [2.75, 3.05) is 19.0 Å². The molecule has 2 aliphatic rings. The number of nitrogens with one attached hydrogen (secondary N) is 1. The van der Waals surface area contributed by atoms with Crippen molar-refractivity contribution in [1.82, 2.24) is 10.2 Å². The van der Waals surface area contributed by atoms with Crippen LogP contribution in [0.1, 0.15) is 12.8 Å². The predicted molar refractivity (Wildman–Crippen MR) is 49.3 cm³/mol. The first-order valence-electron chi connectivity index (χ1n) is 4.21. The lowest BCUT2D eigenvalue weighted by Crippen LogP contribution is -2.42. The highest BCUT2D eigenvalue weighted by atomic mass is 32.2. The molecule has 0 spiro atoms. The van der Waals surface area contributed by atoms with Gasteiger partial charge in [-0.25, -0.2) is 0 Å². The Bertz CT molecular complexity index is 152. The Morgan fingerprint density at radius 1 is 1.55 bits per heavy atom. The molecule has 2 nitrogen and oxygen atoms in total. The first-order valence-corrected chi connectivity index (χ1v) is 5.26. The van der Waals surface area contributed by atoms with Crippen molar-refractivity contribution in [3.8, 4) is 0 Å². The zero-order valence-corrected chi connectivity index (χ0v) is 7.44. The minimum absolute atomic E-state index is 0.759. The van der Waals surface area contributed by atoms with Gasteiger partial charge < -0.3 is 10.2 Å². The smallest absolute Gasteiger partial charge is 0.0678 e. The monoisotopic (exact) mass is 170 g/mol. The van der Waals surface area contributed by atoms with Crippen molar-refractivity contribution < 1.29 is 0 Å². The lowest BCUT2D eigenvalue weighted by atomic mass is 10.1. The highest BCUT2D eigenvalue weighted by Gasteiger charge is 2.19. The molecule has 11 heavy (non-hydrogen) atoms. The Labute approximate surface area is 72.0 Å². The van der Waals surface area contributed by atoms with Crippen molar-refractivity contribution in [1.29, 1.82) is 0 Å². The van der Waals surface area contributed by atoms with Crippen LogP contribution in [-0.2, 0) is 0 Å². The fourth-order valence-corrected chi connectivity index (χ4v) is 2.43. The fourth-order valence-electron chi connectivity index (χ4n) is 1.64. The molecule has 1 unspecified atom stereocenters. The van der Waals surface area contributed by atoms with Gasteiger partial charge in [-0.2, -0.15) is 0 Å². The molecule has 0 aromatic heterocycles. The minimum atomic E-state index is 0.759. The summed E-state index contributed by atoms with van der Waals surface area (Å²) in [5.74, 6) is 1.16. The molecule has 2 rings (SSSR count). The van der Waals surface area contributed by atoms with Gasteiger partial charge in [-0.1, -0.05) is 0 Å². The van der Waals surface area contributed by atoms with Crippen LogP contribution in [0, 0.1) is 0 Å². The number of piperidine rings is 1. The molecule has 2 aliphatic heterocycles. The molecule has 1 N–H and O–H groups in total. The van der Waals surface area contributed by atoms with Gasteiger partial charge in [0, 0.05) is 18.8 Å². The summed E-state index contributed by atoms with van der Waals surface area (Å²) in [5.41, 5.74) is 0. The van der Waals surface area contributed by atoms with E-state index in [1.807, 2.05) is 11.8 Å². The second kappa shape index (κ2) is 3.50. The molecule has 0 amide bonds. The third kappa shape index (κ3) is 1.71. The summed E-state index contributed by atoms with van der Waals surface area (Å²) < 4.78 is 0. The zero-order chi connectivity index (χ0) is 7.52. The van der Waals surface area contributed by atoms with Gasteiger partial charge in [0.15, 0.2) is 0 Å². The van der Waals surface area contributed by atoms with Crippen LogP contribution >= 0.6 is 11.8 Å². The largest absolute Gasteiger partial charge is 0.363 e. The van der Waals surface area contributed by atoms with Crippen molar-refractivity contribution in [2.24, 2.45) is 0 Å². The normalized spacial score (nSPS) is 31.3. The number of nitrogens with zero attached hydrogens (tertiary/aromatic N) is 1. The first-order chi connectivity index (χ1) is 5.47. The van der Waals surface area contributed by atoms with Crippen molar-refractivity contribution in [3.05, 3.63) is 11.6 Å². The van der Waals surface area contributed by atoms with Gasteiger partial charge in [0.1, 0.15) is 0 Å². The van der Waals surface area contributed by atoms with Crippen LogP contribution in [0.4, 0.5) is 0 Å². The summed E-state index contributed by atoms with van der Waals surface area (Å²) in [6.45, 7) is 2.38. The Morgan fingerprint density at radius 3 is 3.18 bits per heavy atom. The second-order valence-corrected chi connectivity index (χ2v) is 3.96. The van der Waals surface area contributed by atoms with Gasteiger partial charge in [-0.05, 0) is 24.8 Å². The van der Waals surface area contributed by atoms with Gasteiger partial charge >= 0.3 is 0 Å². The Morgan fingerprint density at radius 2 is 2.55 bits per heavy atom. The molecule has 1 saturated heterocycles. The van der Waals surface area contributed by atoms with E-state index in [-0.39, 0.29) is 0 Å². The number of hydrogen-bond donors (Lipinski definition) is 1. The third-order valence-corrected chi connectivity index (χ3v) is 3.07. The van der Waals surface area contributed by atoms with E-state index in [0.717, 1.165) is 11.9 Å². The first kappa shape index (κ1) is 7.50. The molecular weight excluding hydrogens is 156 g/mol. The maximum atomic E-state index is 3.43. The quantitative estimate of drug-likeness (QED) is 0.637. The number of hydrogen-bond acceptors (Lipinski definition) is 3. The molecule has 62 valence electrons. The summed E-state index contributed by atoms with van der Waals surface area (Å²) in [6.07, 6.45) is 4.92. The average Bonchev–Trinajstić information content (AvgIpc) is 2.58. The molecule has 0 aromatic carbocycles. The maximum absolute atomic E-state index is 3.43. The highest BCUT2D eigenvalue weighted by Crippen LogP contribution is 2.20.